The Bertz CT molecular complexity index is 1050. The molecule has 1 heterocycles. The first-order chi connectivity index (χ1) is 14.5. The Kier molecular flexibility index (Phi) is 7.72. The van der Waals surface area contributed by atoms with Crippen molar-refractivity contribution in [1.82, 2.24) is 10.1 Å². The molecule has 0 bridgehead atoms. The fourth-order valence-electron chi connectivity index (χ4n) is 2.70. The first kappa shape index (κ1) is 22.1. The van der Waals surface area contributed by atoms with E-state index in [0.29, 0.717) is 51.7 Å². The summed E-state index contributed by atoms with van der Waals surface area (Å²) in [5, 5.41) is 5.48. The number of rotatable bonds is 9. The van der Waals surface area contributed by atoms with E-state index >= 15 is 0 Å². The third kappa shape index (κ3) is 5.53. The summed E-state index contributed by atoms with van der Waals surface area (Å²) in [6.07, 6.45) is 1.99. The standard InChI is InChI=1S/C22H21BrClN3O3/c1-14(2)29-20-9-6-15(12-19(20)25-3)22-26-21(27-30-22)17-8-7-16(13-18(17)24)28-11-5-4-10-23/h6-9,12-14H,4-5,10-11H2,1-2H3. The van der Waals surface area contributed by atoms with E-state index in [4.69, 9.17) is 32.2 Å². The molecule has 1 aromatic heterocycles. The summed E-state index contributed by atoms with van der Waals surface area (Å²) in [4.78, 5) is 7.97. The monoisotopic (exact) mass is 489 g/mol. The SMILES string of the molecule is [C-]#[N+]c1cc(-c2nc(-c3ccc(OCCCCBr)cc3Cl)no2)ccc1OC(C)C. The second kappa shape index (κ2) is 10.5. The van der Waals surface area contributed by atoms with Crippen molar-refractivity contribution >= 4 is 33.2 Å². The number of hydrogen-bond acceptors (Lipinski definition) is 5. The summed E-state index contributed by atoms with van der Waals surface area (Å²) >= 11 is 9.81. The van der Waals surface area contributed by atoms with E-state index in [0.717, 1.165) is 18.2 Å². The maximum Gasteiger partial charge on any atom is 0.256 e. The van der Waals surface area contributed by atoms with Crippen molar-refractivity contribution in [3.63, 3.8) is 0 Å². The largest absolute Gasteiger partial charge is 0.502 e. The molecule has 2 aromatic carbocycles. The zero-order chi connectivity index (χ0) is 21.5. The van der Waals surface area contributed by atoms with Crippen LogP contribution in [0.5, 0.6) is 11.5 Å². The highest BCUT2D eigenvalue weighted by Crippen LogP contribution is 2.35. The van der Waals surface area contributed by atoms with Gasteiger partial charge in [-0.15, -0.1) is 0 Å². The van der Waals surface area contributed by atoms with Gasteiger partial charge in [0, 0.05) is 16.5 Å². The van der Waals surface area contributed by atoms with Gasteiger partial charge in [0.2, 0.25) is 11.5 Å². The lowest BCUT2D eigenvalue weighted by Gasteiger charge is -2.11. The summed E-state index contributed by atoms with van der Waals surface area (Å²) in [5.41, 5.74) is 1.67. The van der Waals surface area contributed by atoms with Crippen LogP contribution in [0.15, 0.2) is 40.9 Å². The van der Waals surface area contributed by atoms with Gasteiger partial charge in [-0.2, -0.15) is 4.98 Å². The van der Waals surface area contributed by atoms with Crippen molar-refractivity contribution < 1.29 is 14.0 Å². The smallest absolute Gasteiger partial charge is 0.256 e. The summed E-state index contributed by atoms with van der Waals surface area (Å²) in [6, 6.07) is 10.6. The Hall–Kier alpha value is -2.56. The maximum atomic E-state index is 7.39. The summed E-state index contributed by atoms with van der Waals surface area (Å²) in [7, 11) is 0. The van der Waals surface area contributed by atoms with Crippen LogP contribution in [-0.2, 0) is 0 Å². The zero-order valence-electron chi connectivity index (χ0n) is 16.7. The Labute approximate surface area is 189 Å². The second-order valence-corrected chi connectivity index (χ2v) is 7.97. The molecule has 0 unspecified atom stereocenters. The minimum Gasteiger partial charge on any atom is -0.502 e. The van der Waals surface area contributed by atoms with E-state index in [1.165, 1.54) is 0 Å². The number of benzene rings is 2. The molecule has 0 amide bonds. The highest BCUT2D eigenvalue weighted by atomic mass is 79.9. The molecule has 30 heavy (non-hydrogen) atoms. The van der Waals surface area contributed by atoms with Gasteiger partial charge in [0.1, 0.15) is 11.5 Å². The highest BCUT2D eigenvalue weighted by molar-refractivity contribution is 9.09. The molecule has 0 atom stereocenters. The molecule has 6 nitrogen and oxygen atoms in total. The second-order valence-electron chi connectivity index (χ2n) is 6.77. The average molecular weight is 491 g/mol. The molecule has 0 saturated carbocycles. The lowest BCUT2D eigenvalue weighted by atomic mass is 10.1. The molecule has 0 spiro atoms. The van der Waals surface area contributed by atoms with Crippen LogP contribution in [0.2, 0.25) is 5.02 Å². The van der Waals surface area contributed by atoms with Gasteiger partial charge in [-0.1, -0.05) is 32.7 Å². The molecular formula is C22H21BrClN3O3. The van der Waals surface area contributed by atoms with E-state index in [2.05, 4.69) is 30.9 Å². The molecule has 3 aromatic rings. The van der Waals surface area contributed by atoms with Gasteiger partial charge in [0.25, 0.3) is 5.89 Å². The molecule has 0 N–H and O–H groups in total. The number of halogens is 2. The van der Waals surface area contributed by atoms with Crippen LogP contribution in [0.25, 0.3) is 27.7 Å². The molecule has 0 aliphatic rings. The van der Waals surface area contributed by atoms with Crippen LogP contribution in [0, 0.1) is 6.57 Å². The predicted octanol–water partition coefficient (Wildman–Crippen LogP) is 6.95. The molecule has 8 heteroatoms. The Morgan fingerprint density at radius 1 is 1.20 bits per heavy atom. The Morgan fingerprint density at radius 3 is 2.73 bits per heavy atom. The van der Waals surface area contributed by atoms with E-state index < -0.39 is 0 Å². The van der Waals surface area contributed by atoms with Gasteiger partial charge < -0.3 is 14.0 Å². The third-order valence-corrected chi connectivity index (χ3v) is 4.97. The molecule has 0 radical (unpaired) electrons. The van der Waals surface area contributed by atoms with Crippen LogP contribution in [-0.4, -0.2) is 28.2 Å². The summed E-state index contributed by atoms with van der Waals surface area (Å²) in [6.45, 7) is 11.9. The maximum absolute atomic E-state index is 7.39. The fraction of sp³-hybridized carbons (Fsp3) is 0.318. The Balaban J connectivity index is 1.79. The van der Waals surface area contributed by atoms with Gasteiger partial charge in [-0.3, -0.25) is 0 Å². The van der Waals surface area contributed by atoms with Gasteiger partial charge in [0.05, 0.1) is 24.3 Å². The molecule has 0 fully saturated rings. The molecule has 0 aliphatic carbocycles. The van der Waals surface area contributed by atoms with Crippen LogP contribution >= 0.6 is 27.5 Å². The molecule has 156 valence electrons. The molecular weight excluding hydrogens is 470 g/mol. The average Bonchev–Trinajstić information content (AvgIpc) is 3.21. The topological polar surface area (TPSA) is 61.7 Å². The third-order valence-electron chi connectivity index (χ3n) is 4.09. The van der Waals surface area contributed by atoms with Gasteiger partial charge in [0.15, 0.2) is 0 Å². The van der Waals surface area contributed by atoms with Gasteiger partial charge in [-0.25, -0.2) is 4.85 Å². The van der Waals surface area contributed by atoms with Crippen molar-refractivity contribution in [3.05, 3.63) is 52.8 Å². The lowest BCUT2D eigenvalue weighted by Crippen LogP contribution is -2.05. The highest BCUT2D eigenvalue weighted by Gasteiger charge is 2.16. The van der Waals surface area contributed by atoms with E-state index in [1.54, 1.807) is 30.3 Å². The normalized spacial score (nSPS) is 10.8. The van der Waals surface area contributed by atoms with Crippen LogP contribution in [0.4, 0.5) is 5.69 Å². The quantitative estimate of drug-likeness (QED) is 0.184. The minimum atomic E-state index is -0.0233. The zero-order valence-corrected chi connectivity index (χ0v) is 19.0. The van der Waals surface area contributed by atoms with Gasteiger partial charge in [-0.05, 0) is 63.1 Å². The molecule has 3 rings (SSSR count). The number of unbranched alkanes of at least 4 members (excludes halogenated alkanes) is 1. The first-order valence-electron chi connectivity index (χ1n) is 9.52. The van der Waals surface area contributed by atoms with E-state index in [1.807, 2.05) is 19.9 Å². The van der Waals surface area contributed by atoms with E-state index in [-0.39, 0.29) is 6.10 Å². The number of nitrogens with zero attached hydrogens (tertiary/aromatic N) is 3. The number of ether oxygens (including phenoxy) is 2. The Morgan fingerprint density at radius 2 is 2.03 bits per heavy atom. The van der Waals surface area contributed by atoms with Crippen LogP contribution in [0.3, 0.4) is 0 Å². The molecule has 0 saturated heterocycles. The lowest BCUT2D eigenvalue weighted by molar-refractivity contribution is 0.244. The summed E-state index contributed by atoms with van der Waals surface area (Å²) in [5.74, 6) is 1.90. The van der Waals surface area contributed by atoms with Crippen molar-refractivity contribution in [3.8, 4) is 34.3 Å². The van der Waals surface area contributed by atoms with Gasteiger partial charge >= 0.3 is 0 Å². The van der Waals surface area contributed by atoms with Crippen LogP contribution < -0.4 is 9.47 Å². The molecule has 0 aliphatic heterocycles. The predicted molar refractivity (Wildman–Crippen MR) is 121 cm³/mol. The van der Waals surface area contributed by atoms with Crippen molar-refractivity contribution in [2.75, 3.05) is 11.9 Å². The summed E-state index contributed by atoms with van der Waals surface area (Å²) < 4.78 is 16.8. The number of aromatic nitrogens is 2. The van der Waals surface area contributed by atoms with E-state index in [9.17, 15) is 0 Å². The van der Waals surface area contributed by atoms with Crippen molar-refractivity contribution in [2.24, 2.45) is 0 Å². The van der Waals surface area contributed by atoms with Crippen molar-refractivity contribution in [1.29, 1.82) is 0 Å². The van der Waals surface area contributed by atoms with Crippen molar-refractivity contribution in [2.45, 2.75) is 32.8 Å². The minimum absolute atomic E-state index is 0.0233. The number of hydrogen-bond donors (Lipinski definition) is 0. The number of alkyl halides is 1. The van der Waals surface area contributed by atoms with Crippen LogP contribution in [0.1, 0.15) is 26.7 Å². The first-order valence-corrected chi connectivity index (χ1v) is 11.0. The fourth-order valence-corrected chi connectivity index (χ4v) is 3.35.